The summed E-state index contributed by atoms with van der Waals surface area (Å²) in [5.74, 6) is 0. The molecule has 0 amide bonds. The van der Waals surface area contributed by atoms with E-state index in [1.165, 1.54) is 0 Å². The first-order valence-electron chi connectivity index (χ1n) is 4.92. The van der Waals surface area contributed by atoms with Gasteiger partial charge in [0.15, 0.2) is 0 Å². The smallest absolute Gasteiger partial charge is 0.146 e. The highest BCUT2D eigenvalue weighted by Crippen LogP contribution is 2.09. The third-order valence-electron chi connectivity index (χ3n) is 2.01. The van der Waals surface area contributed by atoms with Crippen LogP contribution in [0.3, 0.4) is 0 Å². The maximum atomic E-state index is 10.7. The molecule has 1 aromatic heterocycles. The number of rotatable bonds is 5. The summed E-state index contributed by atoms with van der Waals surface area (Å²) in [5, 5.41) is 0. The van der Waals surface area contributed by atoms with Crippen LogP contribution in [-0.2, 0) is 4.79 Å². The number of nitrogens with zero attached hydrogens (tertiary/aromatic N) is 1. The minimum absolute atomic E-state index is 0.847. The second kappa shape index (κ2) is 6.08. The number of unbranched alkanes of at least 4 members (excludes halogenated alkanes) is 1. The van der Waals surface area contributed by atoms with Crippen LogP contribution in [0.1, 0.15) is 31.7 Å². The summed E-state index contributed by atoms with van der Waals surface area (Å²) < 4.78 is 0. The van der Waals surface area contributed by atoms with Gasteiger partial charge in [-0.05, 0) is 36.1 Å². The highest BCUT2D eigenvalue weighted by atomic mass is 16.1. The van der Waals surface area contributed by atoms with Gasteiger partial charge >= 0.3 is 0 Å². The van der Waals surface area contributed by atoms with Gasteiger partial charge in [-0.3, -0.25) is 9.78 Å². The lowest BCUT2D eigenvalue weighted by Crippen LogP contribution is -1.86. The van der Waals surface area contributed by atoms with Gasteiger partial charge in [0.2, 0.25) is 0 Å². The quantitative estimate of drug-likeness (QED) is 0.526. The van der Waals surface area contributed by atoms with Crippen LogP contribution in [-0.4, -0.2) is 11.3 Å². The molecule has 0 aromatic carbocycles. The maximum Gasteiger partial charge on any atom is 0.146 e. The first-order valence-corrected chi connectivity index (χ1v) is 4.92. The van der Waals surface area contributed by atoms with E-state index < -0.39 is 0 Å². The molecular weight excluding hydrogens is 174 g/mol. The number of carbonyl (C=O) groups excluding carboxylic acids is 1. The van der Waals surface area contributed by atoms with Crippen LogP contribution >= 0.6 is 0 Å². The molecule has 74 valence electrons. The van der Waals surface area contributed by atoms with Crippen molar-refractivity contribution in [2.45, 2.75) is 26.2 Å². The molecule has 0 spiro atoms. The second-order valence-corrected chi connectivity index (χ2v) is 3.23. The topological polar surface area (TPSA) is 30.0 Å². The maximum absolute atomic E-state index is 10.7. The summed E-state index contributed by atoms with van der Waals surface area (Å²) >= 11 is 0. The Kier molecular flexibility index (Phi) is 4.62. The number of allylic oxidation sites excluding steroid dienone is 1. The monoisotopic (exact) mass is 189 g/mol. The van der Waals surface area contributed by atoms with Crippen LogP contribution in [0, 0.1) is 0 Å². The fourth-order valence-corrected chi connectivity index (χ4v) is 1.22. The summed E-state index contributed by atoms with van der Waals surface area (Å²) in [6, 6.07) is 3.82. The molecule has 0 radical (unpaired) electrons. The normalized spacial score (nSPS) is 11.4. The standard InChI is InChI=1S/C12H15NO/c1-2-3-5-12(10-14)8-11-6-4-7-13-9-11/h4,6-10H,2-3,5H2,1H3. The van der Waals surface area contributed by atoms with Gasteiger partial charge in [-0.15, -0.1) is 0 Å². The highest BCUT2D eigenvalue weighted by molar-refractivity contribution is 5.81. The third-order valence-corrected chi connectivity index (χ3v) is 2.01. The van der Waals surface area contributed by atoms with Gasteiger partial charge in [0, 0.05) is 12.4 Å². The number of aromatic nitrogens is 1. The summed E-state index contributed by atoms with van der Waals surface area (Å²) in [6.45, 7) is 2.12. The van der Waals surface area contributed by atoms with Crippen molar-refractivity contribution in [1.82, 2.24) is 4.98 Å². The van der Waals surface area contributed by atoms with E-state index in [4.69, 9.17) is 0 Å². The number of hydrogen-bond acceptors (Lipinski definition) is 2. The predicted octanol–water partition coefficient (Wildman–Crippen LogP) is 2.85. The van der Waals surface area contributed by atoms with Crippen LogP contribution in [0.5, 0.6) is 0 Å². The van der Waals surface area contributed by atoms with Gasteiger partial charge in [-0.2, -0.15) is 0 Å². The number of carbonyl (C=O) groups is 1. The highest BCUT2D eigenvalue weighted by Gasteiger charge is 1.95. The molecule has 0 atom stereocenters. The first kappa shape index (κ1) is 10.6. The average molecular weight is 189 g/mol. The van der Waals surface area contributed by atoms with E-state index >= 15 is 0 Å². The SMILES string of the molecule is CCCCC(C=O)=Cc1cccnc1. The Morgan fingerprint density at radius 2 is 2.43 bits per heavy atom. The summed E-state index contributed by atoms with van der Waals surface area (Å²) in [7, 11) is 0. The van der Waals surface area contributed by atoms with Crippen molar-refractivity contribution in [3.63, 3.8) is 0 Å². The number of pyridine rings is 1. The summed E-state index contributed by atoms with van der Waals surface area (Å²) in [6.07, 6.45) is 9.34. The lowest BCUT2D eigenvalue weighted by atomic mass is 10.1. The van der Waals surface area contributed by atoms with Crippen molar-refractivity contribution < 1.29 is 4.79 Å². The fraction of sp³-hybridized carbons (Fsp3) is 0.333. The molecular formula is C12H15NO. The Bertz CT molecular complexity index is 303. The summed E-state index contributed by atoms with van der Waals surface area (Å²) in [4.78, 5) is 14.7. The van der Waals surface area contributed by atoms with E-state index in [0.717, 1.165) is 36.7 Å². The Balaban J connectivity index is 2.68. The molecule has 1 aromatic rings. The van der Waals surface area contributed by atoms with E-state index in [2.05, 4.69) is 11.9 Å². The minimum Gasteiger partial charge on any atom is -0.298 e. The van der Waals surface area contributed by atoms with Gasteiger partial charge in [0.05, 0.1) is 0 Å². The zero-order valence-corrected chi connectivity index (χ0v) is 8.44. The van der Waals surface area contributed by atoms with Crippen molar-refractivity contribution in [2.75, 3.05) is 0 Å². The van der Waals surface area contributed by atoms with Gasteiger partial charge in [-0.1, -0.05) is 19.4 Å². The van der Waals surface area contributed by atoms with Crippen molar-refractivity contribution in [3.8, 4) is 0 Å². The van der Waals surface area contributed by atoms with E-state index in [1.807, 2.05) is 18.2 Å². The molecule has 0 aliphatic heterocycles. The fourth-order valence-electron chi connectivity index (χ4n) is 1.22. The Labute approximate surface area is 84.7 Å². The number of hydrogen-bond donors (Lipinski definition) is 0. The lowest BCUT2D eigenvalue weighted by molar-refractivity contribution is -0.105. The van der Waals surface area contributed by atoms with E-state index in [-0.39, 0.29) is 0 Å². The van der Waals surface area contributed by atoms with Gasteiger partial charge in [0.1, 0.15) is 6.29 Å². The van der Waals surface area contributed by atoms with Crippen molar-refractivity contribution in [3.05, 3.63) is 35.7 Å². The molecule has 1 rings (SSSR count). The molecule has 0 saturated heterocycles. The van der Waals surface area contributed by atoms with Gasteiger partial charge < -0.3 is 0 Å². The van der Waals surface area contributed by atoms with Gasteiger partial charge in [-0.25, -0.2) is 0 Å². The van der Waals surface area contributed by atoms with Crippen molar-refractivity contribution >= 4 is 12.4 Å². The van der Waals surface area contributed by atoms with Gasteiger partial charge in [0.25, 0.3) is 0 Å². The van der Waals surface area contributed by atoms with Crippen LogP contribution in [0.4, 0.5) is 0 Å². The molecule has 2 nitrogen and oxygen atoms in total. The third kappa shape index (κ3) is 3.52. The molecule has 0 bridgehead atoms. The molecule has 0 unspecified atom stereocenters. The zero-order chi connectivity index (χ0) is 10.2. The molecule has 0 fully saturated rings. The molecule has 14 heavy (non-hydrogen) atoms. The Morgan fingerprint density at radius 3 is 3.00 bits per heavy atom. The van der Waals surface area contributed by atoms with E-state index in [9.17, 15) is 4.79 Å². The molecule has 0 aliphatic rings. The van der Waals surface area contributed by atoms with Crippen molar-refractivity contribution in [1.29, 1.82) is 0 Å². The number of aldehydes is 1. The zero-order valence-electron chi connectivity index (χ0n) is 8.44. The van der Waals surface area contributed by atoms with E-state index in [0.29, 0.717) is 0 Å². The first-order chi connectivity index (χ1) is 6.86. The van der Waals surface area contributed by atoms with Crippen LogP contribution < -0.4 is 0 Å². The predicted molar refractivity (Wildman–Crippen MR) is 57.8 cm³/mol. The van der Waals surface area contributed by atoms with E-state index in [1.54, 1.807) is 12.4 Å². The molecule has 0 saturated carbocycles. The average Bonchev–Trinajstić information content (AvgIpc) is 2.25. The molecule has 0 N–H and O–H groups in total. The van der Waals surface area contributed by atoms with Crippen LogP contribution in [0.25, 0.3) is 6.08 Å². The minimum atomic E-state index is 0.847. The van der Waals surface area contributed by atoms with Crippen LogP contribution in [0.15, 0.2) is 30.1 Å². The summed E-state index contributed by atoms with van der Waals surface area (Å²) in [5.41, 5.74) is 1.84. The van der Waals surface area contributed by atoms with Crippen LogP contribution in [0.2, 0.25) is 0 Å². The largest absolute Gasteiger partial charge is 0.298 e. The molecule has 1 heterocycles. The Morgan fingerprint density at radius 1 is 1.57 bits per heavy atom. The lowest BCUT2D eigenvalue weighted by Gasteiger charge is -1.98. The Hall–Kier alpha value is -1.44. The second-order valence-electron chi connectivity index (χ2n) is 3.23. The molecule has 2 heteroatoms. The molecule has 0 aliphatic carbocycles. The van der Waals surface area contributed by atoms with Crippen molar-refractivity contribution in [2.24, 2.45) is 0 Å².